The Morgan fingerprint density at radius 2 is 2.10 bits per heavy atom. The zero-order valence-electron chi connectivity index (χ0n) is 11.0. The highest BCUT2D eigenvalue weighted by Crippen LogP contribution is 2.27. The predicted octanol–water partition coefficient (Wildman–Crippen LogP) is 0.0500. The van der Waals surface area contributed by atoms with Gasteiger partial charge in [-0.3, -0.25) is 14.9 Å². The lowest BCUT2D eigenvalue weighted by atomic mass is 9.91. The van der Waals surface area contributed by atoms with Gasteiger partial charge < -0.3 is 14.7 Å². The second-order valence-corrected chi connectivity index (χ2v) is 4.68. The third-order valence-corrected chi connectivity index (χ3v) is 3.38. The van der Waals surface area contributed by atoms with Crippen LogP contribution in [-0.2, 0) is 16.1 Å². The molecule has 20 heavy (non-hydrogen) atoms. The Morgan fingerprint density at radius 1 is 1.45 bits per heavy atom. The summed E-state index contributed by atoms with van der Waals surface area (Å²) in [6.07, 6.45) is -2.05. The summed E-state index contributed by atoms with van der Waals surface area (Å²) in [5, 5.41) is 20.4. The van der Waals surface area contributed by atoms with Crippen molar-refractivity contribution < 1.29 is 19.6 Å². The van der Waals surface area contributed by atoms with Crippen molar-refractivity contribution in [2.75, 3.05) is 13.7 Å². The van der Waals surface area contributed by atoms with Crippen LogP contribution in [0.1, 0.15) is 5.56 Å². The molecule has 1 N–H and O–H groups in total. The average Bonchev–Trinajstić information content (AvgIpc) is 2.42. The van der Waals surface area contributed by atoms with Crippen LogP contribution in [0.4, 0.5) is 0 Å². The first-order valence-electron chi connectivity index (χ1n) is 6.21. The molecule has 7 heteroatoms. The smallest absolute Gasteiger partial charge is 0.254 e. The van der Waals surface area contributed by atoms with Crippen molar-refractivity contribution in [1.82, 2.24) is 4.90 Å². The van der Waals surface area contributed by atoms with E-state index in [1.165, 1.54) is 12.0 Å². The summed E-state index contributed by atoms with van der Waals surface area (Å²) >= 11 is 0. The monoisotopic (exact) mass is 280 g/mol. The van der Waals surface area contributed by atoms with E-state index in [0.29, 0.717) is 6.54 Å². The molecule has 0 bridgehead atoms. The molecule has 3 atom stereocenters. The first-order chi connectivity index (χ1) is 9.54. The number of methoxy groups -OCH3 is 1. The van der Waals surface area contributed by atoms with Crippen LogP contribution in [0, 0.1) is 10.1 Å². The zero-order valence-corrected chi connectivity index (χ0v) is 11.0. The molecule has 1 aliphatic heterocycles. The zero-order chi connectivity index (χ0) is 14.7. The van der Waals surface area contributed by atoms with Crippen molar-refractivity contribution >= 4 is 5.91 Å². The van der Waals surface area contributed by atoms with E-state index in [1.807, 2.05) is 30.3 Å². The summed E-state index contributed by atoms with van der Waals surface area (Å²) in [7, 11) is 1.36. The largest absolute Gasteiger partial charge is 0.384 e. The minimum absolute atomic E-state index is 0.260. The number of hydrogen-bond donors (Lipinski definition) is 1. The number of carbonyl (C=O) groups excluding carboxylic acids is 1. The number of nitrogens with zero attached hydrogens (tertiary/aromatic N) is 2. The fourth-order valence-corrected chi connectivity index (χ4v) is 2.41. The third kappa shape index (κ3) is 2.78. The fraction of sp³-hybridized carbons (Fsp3) is 0.462. The number of aliphatic hydroxyl groups is 1. The number of hydrogen-bond acceptors (Lipinski definition) is 5. The molecular formula is C13H16N2O5. The standard InChI is InChI=1S/C13H16N2O5/c1-20-12-11(10(16)8-15(18)19)14(13(12)17)7-9-5-3-2-4-6-9/h2-6,10-12,16H,7-8H2,1H3/t10?,11-,12-/m1/s1. The number of amides is 1. The minimum atomic E-state index is -1.24. The lowest BCUT2D eigenvalue weighted by Gasteiger charge is -2.47. The molecule has 1 heterocycles. The van der Waals surface area contributed by atoms with Gasteiger partial charge in [0.2, 0.25) is 6.54 Å². The number of ether oxygens (including phenoxy) is 1. The normalized spacial score (nSPS) is 23.3. The Kier molecular flexibility index (Phi) is 4.31. The SMILES string of the molecule is CO[C@H]1C(=O)N(Cc2ccccc2)[C@@H]1C(O)C[N+](=O)[O-]. The van der Waals surface area contributed by atoms with Crippen LogP contribution < -0.4 is 0 Å². The van der Waals surface area contributed by atoms with Crippen LogP contribution in [0.25, 0.3) is 0 Å². The van der Waals surface area contributed by atoms with Gasteiger partial charge >= 0.3 is 0 Å². The molecule has 0 spiro atoms. The number of nitro groups is 1. The summed E-state index contributed by atoms with van der Waals surface area (Å²) in [4.78, 5) is 23.2. The molecule has 1 amide bonds. The molecule has 1 aromatic carbocycles. The van der Waals surface area contributed by atoms with Gasteiger partial charge in [-0.05, 0) is 5.56 Å². The van der Waals surface area contributed by atoms with E-state index in [4.69, 9.17) is 4.74 Å². The van der Waals surface area contributed by atoms with Crippen LogP contribution in [0.5, 0.6) is 0 Å². The molecule has 2 rings (SSSR count). The first-order valence-corrected chi connectivity index (χ1v) is 6.21. The van der Waals surface area contributed by atoms with Crippen molar-refractivity contribution in [1.29, 1.82) is 0 Å². The average molecular weight is 280 g/mol. The maximum absolute atomic E-state index is 11.9. The number of carbonyl (C=O) groups is 1. The van der Waals surface area contributed by atoms with E-state index < -0.39 is 29.7 Å². The second kappa shape index (κ2) is 5.98. The first kappa shape index (κ1) is 14.4. The van der Waals surface area contributed by atoms with E-state index in [1.54, 1.807) is 0 Å². The van der Waals surface area contributed by atoms with Crippen molar-refractivity contribution in [3.63, 3.8) is 0 Å². The highest BCUT2D eigenvalue weighted by atomic mass is 16.6. The van der Waals surface area contributed by atoms with Gasteiger partial charge in [0.05, 0.1) is 6.04 Å². The molecule has 0 saturated carbocycles. The minimum Gasteiger partial charge on any atom is -0.384 e. The fourth-order valence-electron chi connectivity index (χ4n) is 2.41. The summed E-state index contributed by atoms with van der Waals surface area (Å²) < 4.78 is 5.01. The van der Waals surface area contributed by atoms with E-state index in [0.717, 1.165) is 5.56 Å². The molecular weight excluding hydrogens is 264 g/mol. The van der Waals surface area contributed by atoms with Crippen LogP contribution in [-0.4, -0.2) is 52.7 Å². The molecule has 1 saturated heterocycles. The van der Waals surface area contributed by atoms with E-state index in [9.17, 15) is 20.0 Å². The van der Waals surface area contributed by atoms with E-state index in [-0.39, 0.29) is 5.91 Å². The molecule has 1 aliphatic rings. The van der Waals surface area contributed by atoms with Gasteiger partial charge in [0.15, 0.2) is 6.10 Å². The topological polar surface area (TPSA) is 92.9 Å². The van der Waals surface area contributed by atoms with Gasteiger partial charge in [-0.2, -0.15) is 0 Å². The predicted molar refractivity (Wildman–Crippen MR) is 69.4 cm³/mol. The van der Waals surface area contributed by atoms with Crippen molar-refractivity contribution in [2.24, 2.45) is 0 Å². The number of rotatable bonds is 6. The molecule has 1 fully saturated rings. The van der Waals surface area contributed by atoms with Gasteiger partial charge in [0, 0.05) is 18.6 Å². The molecule has 108 valence electrons. The summed E-state index contributed by atoms with van der Waals surface area (Å²) in [6, 6.07) is 8.57. The molecule has 1 unspecified atom stereocenters. The molecule has 0 aliphatic carbocycles. The Hall–Kier alpha value is -1.99. The number of β-lactam (4-membered cyclic amide) rings is 1. The van der Waals surface area contributed by atoms with Crippen LogP contribution in [0.2, 0.25) is 0 Å². The quantitative estimate of drug-likeness (QED) is 0.451. The Labute approximate surface area is 115 Å². The van der Waals surface area contributed by atoms with Gasteiger partial charge in [-0.1, -0.05) is 30.3 Å². The maximum Gasteiger partial charge on any atom is 0.254 e. The van der Waals surface area contributed by atoms with Gasteiger partial charge in [0.1, 0.15) is 6.10 Å². The Morgan fingerprint density at radius 3 is 2.65 bits per heavy atom. The summed E-state index contributed by atoms with van der Waals surface area (Å²) in [5.41, 5.74) is 0.897. The van der Waals surface area contributed by atoms with Crippen LogP contribution >= 0.6 is 0 Å². The van der Waals surface area contributed by atoms with Crippen LogP contribution in [0.15, 0.2) is 30.3 Å². The Bertz CT molecular complexity index is 493. The Balaban J connectivity index is 2.10. The summed E-state index contributed by atoms with van der Waals surface area (Å²) in [5.74, 6) is -0.260. The number of benzene rings is 1. The second-order valence-electron chi connectivity index (χ2n) is 4.68. The van der Waals surface area contributed by atoms with Crippen molar-refractivity contribution in [3.05, 3.63) is 46.0 Å². The third-order valence-electron chi connectivity index (χ3n) is 3.38. The highest BCUT2D eigenvalue weighted by Gasteiger charge is 2.52. The molecule has 7 nitrogen and oxygen atoms in total. The van der Waals surface area contributed by atoms with Crippen LogP contribution in [0.3, 0.4) is 0 Å². The molecule has 0 aromatic heterocycles. The molecule has 1 aromatic rings. The van der Waals surface area contributed by atoms with E-state index in [2.05, 4.69) is 0 Å². The van der Waals surface area contributed by atoms with Crippen molar-refractivity contribution in [2.45, 2.75) is 24.8 Å². The number of likely N-dealkylation sites (tertiary alicyclic amines) is 1. The van der Waals surface area contributed by atoms with Gasteiger partial charge in [-0.15, -0.1) is 0 Å². The number of aliphatic hydroxyl groups excluding tert-OH is 1. The summed E-state index contributed by atoms with van der Waals surface area (Å²) in [6.45, 7) is -0.304. The highest BCUT2D eigenvalue weighted by molar-refractivity contribution is 5.88. The van der Waals surface area contributed by atoms with Gasteiger partial charge in [0.25, 0.3) is 5.91 Å². The maximum atomic E-state index is 11.9. The molecule has 0 radical (unpaired) electrons. The van der Waals surface area contributed by atoms with Gasteiger partial charge in [-0.25, -0.2) is 0 Å². The van der Waals surface area contributed by atoms with E-state index >= 15 is 0 Å². The van der Waals surface area contributed by atoms with Crippen molar-refractivity contribution in [3.8, 4) is 0 Å². The lowest BCUT2D eigenvalue weighted by Crippen LogP contribution is -2.69. The lowest BCUT2D eigenvalue weighted by molar-refractivity contribution is -0.493.